The molecule has 0 atom stereocenters. The summed E-state index contributed by atoms with van der Waals surface area (Å²) in [6, 6.07) is 10.8. The highest BCUT2D eigenvalue weighted by Gasteiger charge is 2.40. The Balaban J connectivity index is 1.30. The van der Waals surface area contributed by atoms with Gasteiger partial charge in [0.05, 0.1) is 13.2 Å². The predicted molar refractivity (Wildman–Crippen MR) is 142 cm³/mol. The molecule has 2 saturated heterocycles. The molecule has 5 rings (SSSR count). The van der Waals surface area contributed by atoms with Crippen molar-refractivity contribution >= 4 is 22.5 Å². The molecule has 3 aromatic rings. The number of nitrogens with zero attached hydrogens (tertiary/aromatic N) is 3. The Morgan fingerprint density at radius 3 is 2.49 bits per heavy atom. The van der Waals surface area contributed by atoms with E-state index in [0.29, 0.717) is 5.82 Å². The number of aryl methyl sites for hydroxylation is 1. The first kappa shape index (κ1) is 24.0. The summed E-state index contributed by atoms with van der Waals surface area (Å²) in [6.45, 7) is 13.4. The Hall–Kier alpha value is -2.70. The third-order valence-electron chi connectivity index (χ3n) is 8.29. The molecule has 1 aromatic carbocycles. The van der Waals surface area contributed by atoms with E-state index in [1.165, 1.54) is 22.5 Å². The van der Waals surface area contributed by atoms with Crippen LogP contribution in [0.2, 0.25) is 0 Å². The number of aromatic nitrogens is 2. The number of likely N-dealkylation sites (tertiary alicyclic amines) is 1. The highest BCUT2D eigenvalue weighted by Crippen LogP contribution is 2.35. The van der Waals surface area contributed by atoms with Crippen LogP contribution >= 0.6 is 0 Å². The maximum Gasteiger partial charge on any atom is 0.231 e. The highest BCUT2D eigenvalue weighted by molar-refractivity contribution is 5.96. The molecular formula is C29H38N4O2. The van der Waals surface area contributed by atoms with Gasteiger partial charge in [0, 0.05) is 47.4 Å². The molecule has 35 heavy (non-hydrogen) atoms. The zero-order chi connectivity index (χ0) is 24.8. The van der Waals surface area contributed by atoms with Crippen molar-refractivity contribution in [3.63, 3.8) is 0 Å². The van der Waals surface area contributed by atoms with Gasteiger partial charge in [-0.15, -0.1) is 0 Å². The number of rotatable bonds is 6. The van der Waals surface area contributed by atoms with E-state index in [-0.39, 0.29) is 16.7 Å². The number of fused-ring (bicyclic) bond motifs is 1. The highest BCUT2D eigenvalue weighted by atomic mass is 16.5. The molecule has 0 bridgehead atoms. The number of ether oxygens (including phenoxy) is 1. The van der Waals surface area contributed by atoms with Crippen molar-refractivity contribution in [3.8, 4) is 11.3 Å². The Kier molecular flexibility index (Phi) is 6.22. The van der Waals surface area contributed by atoms with Gasteiger partial charge in [-0.05, 0) is 74.0 Å². The SMILES string of the molecule is CCc1cc(-c2ccc3cnc(NC(=O)C4(C)CCN(CC5(C)COC5)CC4)cc3c2)n(C)c1C. The maximum absolute atomic E-state index is 13.3. The van der Waals surface area contributed by atoms with Crippen LogP contribution in [0.3, 0.4) is 0 Å². The second kappa shape index (κ2) is 9.07. The lowest BCUT2D eigenvalue weighted by atomic mass is 9.78. The Labute approximate surface area is 208 Å². The minimum atomic E-state index is -0.372. The van der Waals surface area contributed by atoms with Gasteiger partial charge in [-0.2, -0.15) is 0 Å². The molecule has 2 aliphatic rings. The summed E-state index contributed by atoms with van der Waals surface area (Å²) in [5.41, 5.74) is 4.98. The molecular weight excluding hydrogens is 436 g/mol. The summed E-state index contributed by atoms with van der Waals surface area (Å²) >= 11 is 0. The lowest BCUT2D eigenvalue weighted by Crippen LogP contribution is -2.52. The average molecular weight is 475 g/mol. The number of hydrogen-bond acceptors (Lipinski definition) is 4. The number of carbonyl (C=O) groups is 1. The quantitative estimate of drug-likeness (QED) is 0.534. The van der Waals surface area contributed by atoms with Crippen LogP contribution in [-0.4, -0.2) is 53.2 Å². The van der Waals surface area contributed by atoms with E-state index >= 15 is 0 Å². The fourth-order valence-electron chi connectivity index (χ4n) is 5.55. The fourth-order valence-corrected chi connectivity index (χ4v) is 5.55. The Morgan fingerprint density at radius 1 is 1.11 bits per heavy atom. The number of piperidine rings is 1. The van der Waals surface area contributed by atoms with Crippen LogP contribution < -0.4 is 5.32 Å². The van der Waals surface area contributed by atoms with E-state index in [1.54, 1.807) is 0 Å². The molecule has 6 heteroatoms. The van der Waals surface area contributed by atoms with Crippen molar-refractivity contribution < 1.29 is 9.53 Å². The van der Waals surface area contributed by atoms with Gasteiger partial charge < -0.3 is 19.5 Å². The first-order valence-corrected chi connectivity index (χ1v) is 12.9. The first-order valence-electron chi connectivity index (χ1n) is 12.9. The number of pyridine rings is 1. The Bertz CT molecular complexity index is 1250. The smallest absolute Gasteiger partial charge is 0.231 e. The molecule has 0 aliphatic carbocycles. The number of carbonyl (C=O) groups excluding carboxylic acids is 1. The largest absolute Gasteiger partial charge is 0.380 e. The number of benzene rings is 1. The molecule has 1 amide bonds. The number of hydrogen-bond donors (Lipinski definition) is 1. The molecule has 186 valence electrons. The predicted octanol–water partition coefficient (Wildman–Crippen LogP) is 5.19. The monoisotopic (exact) mass is 474 g/mol. The normalized spacial score (nSPS) is 19.5. The first-order chi connectivity index (χ1) is 16.7. The minimum Gasteiger partial charge on any atom is -0.380 e. The zero-order valence-electron chi connectivity index (χ0n) is 21.8. The molecule has 4 heterocycles. The zero-order valence-corrected chi connectivity index (χ0v) is 21.8. The second-order valence-electron chi connectivity index (χ2n) is 11.3. The van der Waals surface area contributed by atoms with Crippen molar-refractivity contribution in [3.05, 3.63) is 47.8 Å². The van der Waals surface area contributed by atoms with Crippen LogP contribution in [-0.2, 0) is 23.0 Å². The van der Waals surface area contributed by atoms with Crippen LogP contribution in [0.5, 0.6) is 0 Å². The minimum absolute atomic E-state index is 0.0731. The number of amides is 1. The maximum atomic E-state index is 13.3. The van der Waals surface area contributed by atoms with Crippen molar-refractivity contribution in [2.24, 2.45) is 17.9 Å². The van der Waals surface area contributed by atoms with Crippen molar-refractivity contribution in [2.45, 2.75) is 47.0 Å². The molecule has 0 unspecified atom stereocenters. The van der Waals surface area contributed by atoms with Gasteiger partial charge in [-0.3, -0.25) is 4.79 Å². The van der Waals surface area contributed by atoms with Gasteiger partial charge in [0.15, 0.2) is 0 Å². The van der Waals surface area contributed by atoms with Gasteiger partial charge in [0.1, 0.15) is 5.82 Å². The van der Waals surface area contributed by atoms with Gasteiger partial charge in [0.2, 0.25) is 5.91 Å². The van der Waals surface area contributed by atoms with Crippen LogP contribution in [0.25, 0.3) is 22.0 Å². The van der Waals surface area contributed by atoms with Gasteiger partial charge >= 0.3 is 0 Å². The van der Waals surface area contributed by atoms with E-state index < -0.39 is 0 Å². The van der Waals surface area contributed by atoms with Crippen LogP contribution in [0.4, 0.5) is 5.82 Å². The summed E-state index contributed by atoms with van der Waals surface area (Å²) in [5, 5.41) is 5.28. The third kappa shape index (κ3) is 4.62. The van der Waals surface area contributed by atoms with E-state index in [9.17, 15) is 4.79 Å². The van der Waals surface area contributed by atoms with E-state index in [0.717, 1.165) is 62.9 Å². The molecule has 6 nitrogen and oxygen atoms in total. The molecule has 0 spiro atoms. The third-order valence-corrected chi connectivity index (χ3v) is 8.29. The van der Waals surface area contributed by atoms with Crippen LogP contribution in [0.1, 0.15) is 44.9 Å². The summed E-state index contributed by atoms with van der Waals surface area (Å²) in [6.07, 6.45) is 4.60. The molecule has 2 aromatic heterocycles. The van der Waals surface area contributed by atoms with Gasteiger partial charge in [-0.25, -0.2) is 4.98 Å². The number of anilines is 1. The second-order valence-corrected chi connectivity index (χ2v) is 11.3. The van der Waals surface area contributed by atoms with Crippen molar-refractivity contribution in [2.75, 3.05) is 38.2 Å². The molecule has 2 fully saturated rings. The standard InChI is InChI=1S/C29H38N4O2/c1-6-21-14-25(32(5)20(21)2)22-7-8-23-16-30-26(15-24(23)13-22)31-27(34)29(4)9-11-33(12-10-29)17-28(3)18-35-19-28/h7-8,13-16H,6,9-12,17-19H2,1-5H3,(H,30,31,34). The van der Waals surface area contributed by atoms with Gasteiger partial charge in [-0.1, -0.05) is 32.9 Å². The van der Waals surface area contributed by atoms with Crippen molar-refractivity contribution in [1.29, 1.82) is 0 Å². The average Bonchev–Trinajstić information content (AvgIpc) is 3.12. The lowest BCUT2D eigenvalue weighted by Gasteiger charge is -2.45. The van der Waals surface area contributed by atoms with Gasteiger partial charge in [0.25, 0.3) is 0 Å². The molecule has 2 aliphatic heterocycles. The number of nitrogens with one attached hydrogen (secondary N) is 1. The molecule has 1 N–H and O–H groups in total. The van der Waals surface area contributed by atoms with Crippen LogP contribution in [0.15, 0.2) is 36.5 Å². The summed E-state index contributed by atoms with van der Waals surface area (Å²) in [4.78, 5) is 20.3. The topological polar surface area (TPSA) is 59.4 Å². The fraction of sp³-hybridized carbons (Fsp3) is 0.517. The summed E-state index contributed by atoms with van der Waals surface area (Å²) < 4.78 is 7.67. The lowest BCUT2D eigenvalue weighted by molar-refractivity contribution is -0.131. The molecule has 0 radical (unpaired) electrons. The van der Waals surface area contributed by atoms with E-state index in [4.69, 9.17) is 4.74 Å². The van der Waals surface area contributed by atoms with E-state index in [2.05, 4.69) is 78.8 Å². The van der Waals surface area contributed by atoms with Crippen molar-refractivity contribution in [1.82, 2.24) is 14.5 Å². The van der Waals surface area contributed by atoms with E-state index in [1.807, 2.05) is 12.3 Å². The Morgan fingerprint density at radius 2 is 1.86 bits per heavy atom. The summed E-state index contributed by atoms with van der Waals surface area (Å²) in [5.74, 6) is 0.698. The summed E-state index contributed by atoms with van der Waals surface area (Å²) in [7, 11) is 2.12. The molecule has 0 saturated carbocycles. The van der Waals surface area contributed by atoms with Crippen LogP contribution in [0, 0.1) is 17.8 Å².